The van der Waals surface area contributed by atoms with E-state index in [0.717, 1.165) is 19.3 Å². The van der Waals surface area contributed by atoms with Crippen molar-refractivity contribution in [1.82, 2.24) is 0 Å². The summed E-state index contributed by atoms with van der Waals surface area (Å²) in [6.07, 6.45) is 2.67. The van der Waals surface area contributed by atoms with Crippen LogP contribution in [0.25, 0.3) is 0 Å². The molecule has 1 unspecified atom stereocenters. The van der Waals surface area contributed by atoms with Crippen LogP contribution >= 0.6 is 0 Å². The molecule has 1 aromatic carbocycles. The summed E-state index contributed by atoms with van der Waals surface area (Å²) in [6, 6.07) is 8.26. The summed E-state index contributed by atoms with van der Waals surface area (Å²) in [7, 11) is 0. The zero-order chi connectivity index (χ0) is 11.3. The molecule has 82 valence electrons. The Kier molecular flexibility index (Phi) is 4.35. The molecule has 1 atom stereocenters. The van der Waals surface area contributed by atoms with E-state index in [1.165, 1.54) is 11.1 Å². The van der Waals surface area contributed by atoms with Crippen LogP contribution < -0.4 is 0 Å². The molecule has 0 saturated heterocycles. The Morgan fingerprint density at radius 1 is 1.40 bits per heavy atom. The molecule has 15 heavy (non-hydrogen) atoms. The second kappa shape index (κ2) is 5.54. The number of carboxylic acid groups (broad SMARTS) is 1. The molecule has 0 aromatic heterocycles. The van der Waals surface area contributed by atoms with Crippen molar-refractivity contribution in [2.75, 3.05) is 0 Å². The van der Waals surface area contributed by atoms with Crippen molar-refractivity contribution >= 4 is 5.97 Å². The Labute approximate surface area is 90.9 Å². The summed E-state index contributed by atoms with van der Waals surface area (Å²) >= 11 is 0. The van der Waals surface area contributed by atoms with Crippen LogP contribution in [0, 0.1) is 12.8 Å². The first-order valence-electron chi connectivity index (χ1n) is 5.38. The van der Waals surface area contributed by atoms with Crippen LogP contribution in [0.4, 0.5) is 0 Å². The van der Waals surface area contributed by atoms with Crippen molar-refractivity contribution in [3.63, 3.8) is 0 Å². The Morgan fingerprint density at radius 2 is 2.07 bits per heavy atom. The van der Waals surface area contributed by atoms with Gasteiger partial charge < -0.3 is 5.11 Å². The van der Waals surface area contributed by atoms with Crippen LogP contribution in [0.5, 0.6) is 0 Å². The van der Waals surface area contributed by atoms with E-state index < -0.39 is 5.97 Å². The normalized spacial score (nSPS) is 12.4. The predicted molar refractivity (Wildman–Crippen MR) is 60.9 cm³/mol. The molecule has 2 heteroatoms. The highest BCUT2D eigenvalue weighted by Gasteiger charge is 2.09. The Morgan fingerprint density at radius 3 is 2.67 bits per heavy atom. The molecule has 1 rings (SSSR count). The zero-order valence-electron chi connectivity index (χ0n) is 9.36. The van der Waals surface area contributed by atoms with Gasteiger partial charge in [-0.05, 0) is 37.3 Å². The number of carbonyl (C=O) groups is 1. The van der Waals surface area contributed by atoms with E-state index >= 15 is 0 Å². The van der Waals surface area contributed by atoms with Crippen LogP contribution in [0.1, 0.15) is 30.9 Å². The van der Waals surface area contributed by atoms with E-state index in [1.54, 1.807) is 6.92 Å². The second-order valence-electron chi connectivity index (χ2n) is 4.06. The molecule has 0 radical (unpaired) electrons. The zero-order valence-corrected chi connectivity index (χ0v) is 9.36. The summed E-state index contributed by atoms with van der Waals surface area (Å²) in [5.74, 6) is -0.922. The number of aliphatic carboxylic acids is 1. The molecule has 1 aromatic rings. The molecule has 0 fully saturated rings. The summed E-state index contributed by atoms with van der Waals surface area (Å²) in [6.45, 7) is 3.86. The molecule has 0 aliphatic rings. The SMILES string of the molecule is Cc1ccccc1CCCC(C)C(=O)O. The van der Waals surface area contributed by atoms with E-state index in [-0.39, 0.29) is 5.92 Å². The summed E-state index contributed by atoms with van der Waals surface area (Å²) < 4.78 is 0. The fourth-order valence-corrected chi connectivity index (χ4v) is 1.61. The van der Waals surface area contributed by atoms with Crippen molar-refractivity contribution in [2.24, 2.45) is 5.92 Å². The lowest BCUT2D eigenvalue weighted by molar-refractivity contribution is -0.141. The molecule has 0 bridgehead atoms. The maximum Gasteiger partial charge on any atom is 0.306 e. The average Bonchev–Trinajstić information content (AvgIpc) is 2.20. The van der Waals surface area contributed by atoms with Gasteiger partial charge in [-0.15, -0.1) is 0 Å². The highest BCUT2D eigenvalue weighted by atomic mass is 16.4. The van der Waals surface area contributed by atoms with Crippen molar-refractivity contribution < 1.29 is 9.90 Å². The van der Waals surface area contributed by atoms with Gasteiger partial charge >= 0.3 is 5.97 Å². The first-order chi connectivity index (χ1) is 7.11. The van der Waals surface area contributed by atoms with E-state index in [4.69, 9.17) is 5.11 Å². The molecule has 0 amide bonds. The van der Waals surface area contributed by atoms with Gasteiger partial charge in [0.15, 0.2) is 0 Å². The monoisotopic (exact) mass is 206 g/mol. The Balaban J connectivity index is 2.38. The number of hydrogen-bond acceptors (Lipinski definition) is 1. The minimum atomic E-state index is -0.695. The molecule has 0 heterocycles. The van der Waals surface area contributed by atoms with Gasteiger partial charge in [0.1, 0.15) is 0 Å². The fourth-order valence-electron chi connectivity index (χ4n) is 1.61. The topological polar surface area (TPSA) is 37.3 Å². The van der Waals surface area contributed by atoms with E-state index in [9.17, 15) is 4.79 Å². The van der Waals surface area contributed by atoms with Crippen molar-refractivity contribution in [1.29, 1.82) is 0 Å². The minimum absolute atomic E-state index is 0.228. The maximum atomic E-state index is 10.6. The molecule has 0 saturated carbocycles. The lowest BCUT2D eigenvalue weighted by Gasteiger charge is -2.07. The number of benzene rings is 1. The quantitative estimate of drug-likeness (QED) is 0.804. The third kappa shape index (κ3) is 3.74. The largest absolute Gasteiger partial charge is 0.481 e. The molecule has 0 aliphatic carbocycles. The van der Waals surface area contributed by atoms with Gasteiger partial charge in [-0.1, -0.05) is 31.2 Å². The van der Waals surface area contributed by atoms with Gasteiger partial charge in [-0.2, -0.15) is 0 Å². The number of rotatable bonds is 5. The third-order valence-electron chi connectivity index (χ3n) is 2.77. The second-order valence-corrected chi connectivity index (χ2v) is 4.06. The van der Waals surface area contributed by atoms with Gasteiger partial charge in [0.25, 0.3) is 0 Å². The lowest BCUT2D eigenvalue weighted by atomic mass is 9.99. The van der Waals surface area contributed by atoms with Crippen LogP contribution in [-0.4, -0.2) is 11.1 Å². The summed E-state index contributed by atoms with van der Waals surface area (Å²) in [5, 5.41) is 8.73. The number of hydrogen-bond donors (Lipinski definition) is 1. The van der Waals surface area contributed by atoms with E-state index in [1.807, 2.05) is 12.1 Å². The van der Waals surface area contributed by atoms with E-state index in [2.05, 4.69) is 19.1 Å². The third-order valence-corrected chi connectivity index (χ3v) is 2.77. The molecular formula is C13H18O2. The molecular weight excluding hydrogens is 188 g/mol. The Hall–Kier alpha value is -1.31. The number of aryl methyl sites for hydroxylation is 2. The standard InChI is InChI=1S/C13H18O2/c1-10-6-3-4-8-12(10)9-5-7-11(2)13(14)15/h3-4,6,8,11H,5,7,9H2,1-2H3,(H,14,15). The van der Waals surface area contributed by atoms with Crippen LogP contribution in [0.3, 0.4) is 0 Å². The van der Waals surface area contributed by atoms with Gasteiger partial charge in [0.2, 0.25) is 0 Å². The first-order valence-corrected chi connectivity index (χ1v) is 5.38. The van der Waals surface area contributed by atoms with Crippen molar-refractivity contribution in [2.45, 2.75) is 33.1 Å². The van der Waals surface area contributed by atoms with Gasteiger partial charge in [-0.3, -0.25) is 4.79 Å². The van der Waals surface area contributed by atoms with Gasteiger partial charge in [0.05, 0.1) is 5.92 Å². The molecule has 0 spiro atoms. The smallest absolute Gasteiger partial charge is 0.306 e. The maximum absolute atomic E-state index is 10.6. The lowest BCUT2D eigenvalue weighted by Crippen LogP contribution is -2.09. The summed E-state index contributed by atoms with van der Waals surface area (Å²) in [5.41, 5.74) is 2.62. The molecule has 0 aliphatic heterocycles. The summed E-state index contributed by atoms with van der Waals surface area (Å²) in [4.78, 5) is 10.6. The molecule has 2 nitrogen and oxygen atoms in total. The highest BCUT2D eigenvalue weighted by molar-refractivity contribution is 5.69. The molecule has 1 N–H and O–H groups in total. The van der Waals surface area contributed by atoms with Crippen molar-refractivity contribution in [3.8, 4) is 0 Å². The Bertz CT molecular complexity index is 331. The average molecular weight is 206 g/mol. The highest BCUT2D eigenvalue weighted by Crippen LogP contribution is 2.13. The predicted octanol–water partition coefficient (Wildman–Crippen LogP) is 3.04. The van der Waals surface area contributed by atoms with Crippen molar-refractivity contribution in [3.05, 3.63) is 35.4 Å². The van der Waals surface area contributed by atoms with Crippen LogP contribution in [-0.2, 0) is 11.2 Å². The minimum Gasteiger partial charge on any atom is -0.481 e. The fraction of sp³-hybridized carbons (Fsp3) is 0.462. The number of carboxylic acids is 1. The first kappa shape index (κ1) is 11.8. The van der Waals surface area contributed by atoms with Crippen LogP contribution in [0.2, 0.25) is 0 Å². The van der Waals surface area contributed by atoms with Crippen LogP contribution in [0.15, 0.2) is 24.3 Å². The van der Waals surface area contributed by atoms with Gasteiger partial charge in [0, 0.05) is 0 Å². The van der Waals surface area contributed by atoms with Gasteiger partial charge in [-0.25, -0.2) is 0 Å². The van der Waals surface area contributed by atoms with E-state index in [0.29, 0.717) is 0 Å².